The molecule has 4 atom stereocenters. The maximum Gasteiger partial charge on any atom is 0.113 e. The first-order valence-electron chi connectivity index (χ1n) is 9.94. The highest BCUT2D eigenvalue weighted by Crippen LogP contribution is 2.46. The number of fused-ring (bicyclic) bond motifs is 3. The summed E-state index contributed by atoms with van der Waals surface area (Å²) >= 11 is 0. The molecule has 22 heavy (non-hydrogen) atoms. The van der Waals surface area contributed by atoms with E-state index in [1.807, 2.05) is 5.57 Å². The minimum atomic E-state index is 0.508. The molecule has 0 unspecified atom stereocenters. The smallest absolute Gasteiger partial charge is 0.113 e. The molecule has 2 aliphatic heterocycles. The number of nitrogens with zero attached hydrogens (tertiary/aromatic N) is 1. The zero-order valence-corrected chi connectivity index (χ0v) is 14.4. The lowest BCUT2D eigenvalue weighted by Gasteiger charge is -2.50. The van der Waals surface area contributed by atoms with Crippen LogP contribution >= 0.6 is 0 Å². The molecule has 0 bridgehead atoms. The zero-order chi connectivity index (χ0) is 15.0. The molecule has 2 saturated heterocycles. The van der Waals surface area contributed by atoms with Gasteiger partial charge in [0.05, 0.1) is 26.2 Å². The average Bonchev–Trinajstić information content (AvgIpc) is 2.55. The predicted octanol–water partition coefficient (Wildman–Crippen LogP) is 4.30. The molecule has 2 nitrogen and oxygen atoms in total. The summed E-state index contributed by atoms with van der Waals surface area (Å²) in [6.45, 7) is 4.02. The molecule has 0 N–H and O–H groups in total. The topological polar surface area (TPSA) is 9.23 Å². The summed E-state index contributed by atoms with van der Waals surface area (Å²) in [7, 11) is 2.49. The Bertz CT molecular complexity index is 423. The second kappa shape index (κ2) is 6.28. The molecule has 1 saturated carbocycles. The normalized spacial score (nSPS) is 41.2. The fraction of sp³-hybridized carbons (Fsp3) is 0.900. The lowest BCUT2D eigenvalue weighted by molar-refractivity contribution is -0.917. The van der Waals surface area contributed by atoms with Crippen LogP contribution < -0.4 is 0 Å². The number of quaternary nitrogens is 1. The van der Waals surface area contributed by atoms with Gasteiger partial charge in [-0.3, -0.25) is 0 Å². The number of allylic oxidation sites excluding steroid dienone is 1. The average molecular weight is 304 g/mol. The predicted molar refractivity (Wildman–Crippen MR) is 90.7 cm³/mol. The number of hydrogen-bond acceptors (Lipinski definition) is 1. The summed E-state index contributed by atoms with van der Waals surface area (Å²) in [5.41, 5.74) is 1.83. The Kier molecular flexibility index (Phi) is 4.34. The van der Waals surface area contributed by atoms with Crippen LogP contribution in [-0.4, -0.2) is 43.4 Å². The van der Waals surface area contributed by atoms with Crippen LogP contribution in [0.25, 0.3) is 0 Å². The van der Waals surface area contributed by atoms with Gasteiger partial charge in [-0.15, -0.1) is 0 Å². The molecule has 4 aliphatic rings. The third-order valence-electron chi connectivity index (χ3n) is 6.97. The van der Waals surface area contributed by atoms with Gasteiger partial charge in [-0.05, 0) is 51.4 Å². The van der Waals surface area contributed by atoms with Gasteiger partial charge in [0.2, 0.25) is 0 Å². The second-order valence-corrected chi connectivity index (χ2v) is 8.66. The van der Waals surface area contributed by atoms with Crippen molar-refractivity contribution in [2.75, 3.05) is 26.7 Å². The maximum absolute atomic E-state index is 6.77. The number of ether oxygens (including phenoxy) is 1. The summed E-state index contributed by atoms with van der Waals surface area (Å²) in [5, 5.41) is 0. The van der Waals surface area contributed by atoms with E-state index in [0.29, 0.717) is 12.2 Å². The van der Waals surface area contributed by atoms with Crippen LogP contribution in [0.15, 0.2) is 11.6 Å². The molecule has 2 aliphatic carbocycles. The summed E-state index contributed by atoms with van der Waals surface area (Å²) in [6, 6.07) is 0. The van der Waals surface area contributed by atoms with Crippen molar-refractivity contribution in [2.24, 2.45) is 11.8 Å². The first kappa shape index (κ1) is 15.2. The van der Waals surface area contributed by atoms with Crippen molar-refractivity contribution in [1.82, 2.24) is 0 Å². The van der Waals surface area contributed by atoms with Crippen molar-refractivity contribution < 1.29 is 9.22 Å². The third kappa shape index (κ3) is 2.89. The fourth-order valence-electron chi connectivity index (χ4n) is 5.77. The van der Waals surface area contributed by atoms with Gasteiger partial charge >= 0.3 is 0 Å². The van der Waals surface area contributed by atoms with E-state index in [1.165, 1.54) is 88.3 Å². The number of likely N-dealkylation sites (tertiary alicyclic amines) is 1. The Labute approximate surface area is 136 Å². The molecule has 3 fully saturated rings. The molecule has 0 aromatic carbocycles. The fourth-order valence-corrected chi connectivity index (χ4v) is 5.77. The molecular weight excluding hydrogens is 270 g/mol. The van der Waals surface area contributed by atoms with E-state index in [4.69, 9.17) is 4.74 Å². The van der Waals surface area contributed by atoms with Crippen molar-refractivity contribution in [3.8, 4) is 0 Å². The molecular formula is C20H34NO+. The van der Waals surface area contributed by atoms with Crippen LogP contribution in [0, 0.1) is 11.8 Å². The van der Waals surface area contributed by atoms with E-state index < -0.39 is 0 Å². The van der Waals surface area contributed by atoms with Crippen LogP contribution in [0.3, 0.4) is 0 Å². The first-order chi connectivity index (χ1) is 10.8. The summed E-state index contributed by atoms with van der Waals surface area (Å²) in [5.74, 6) is 1.53. The summed E-state index contributed by atoms with van der Waals surface area (Å²) in [4.78, 5) is 0. The monoisotopic (exact) mass is 304 g/mol. The van der Waals surface area contributed by atoms with Gasteiger partial charge in [-0.25, -0.2) is 0 Å². The van der Waals surface area contributed by atoms with Gasteiger partial charge in [-0.2, -0.15) is 0 Å². The molecule has 124 valence electrons. The summed E-state index contributed by atoms with van der Waals surface area (Å²) < 4.78 is 8.04. The molecule has 0 amide bonds. The zero-order valence-electron chi connectivity index (χ0n) is 14.4. The number of hydrogen-bond donors (Lipinski definition) is 0. The van der Waals surface area contributed by atoms with Crippen molar-refractivity contribution in [3.05, 3.63) is 11.6 Å². The largest absolute Gasteiger partial charge is 0.368 e. The van der Waals surface area contributed by atoms with Gasteiger partial charge < -0.3 is 9.22 Å². The van der Waals surface area contributed by atoms with E-state index in [1.54, 1.807) is 0 Å². The van der Waals surface area contributed by atoms with Gasteiger partial charge in [0.25, 0.3) is 0 Å². The van der Waals surface area contributed by atoms with Crippen molar-refractivity contribution >= 4 is 0 Å². The van der Waals surface area contributed by atoms with Crippen molar-refractivity contribution in [3.63, 3.8) is 0 Å². The minimum Gasteiger partial charge on any atom is -0.368 e. The maximum atomic E-state index is 6.77. The molecule has 0 aromatic rings. The first-order valence-corrected chi connectivity index (χ1v) is 9.94. The lowest BCUT2D eigenvalue weighted by Crippen LogP contribution is -2.57. The Morgan fingerprint density at radius 2 is 1.73 bits per heavy atom. The highest BCUT2D eigenvalue weighted by atomic mass is 16.5. The number of rotatable bonds is 2. The molecule has 4 rings (SSSR count). The van der Waals surface area contributed by atoms with Crippen LogP contribution in [0.5, 0.6) is 0 Å². The van der Waals surface area contributed by atoms with Crippen LogP contribution in [0.2, 0.25) is 0 Å². The van der Waals surface area contributed by atoms with Crippen LogP contribution in [0.1, 0.15) is 64.2 Å². The van der Waals surface area contributed by atoms with E-state index in [9.17, 15) is 0 Å². The minimum absolute atomic E-state index is 0.508. The Hall–Kier alpha value is -0.340. The SMILES string of the molecule is C[N+]1(C[C@H]2O[C@@H]3CCCC[C@@H]3C3=CCCC[C@H]32)CCCCC1. The van der Waals surface area contributed by atoms with Crippen molar-refractivity contribution in [1.29, 1.82) is 0 Å². The van der Waals surface area contributed by atoms with Crippen molar-refractivity contribution in [2.45, 2.75) is 76.4 Å². The second-order valence-electron chi connectivity index (χ2n) is 8.66. The molecule has 2 heteroatoms. The van der Waals surface area contributed by atoms with Gasteiger partial charge in [0.15, 0.2) is 0 Å². The molecule has 2 heterocycles. The standard InChI is InChI=1S/C20H34NO/c1-21(13-7-2-8-14-21)15-20-18-11-4-3-9-16(18)17-10-5-6-12-19(17)22-20/h9,17-20H,2-8,10-15H2,1H3/q+1/t17-,18-,19-,20-/m1/s1. The van der Waals surface area contributed by atoms with E-state index in [-0.39, 0.29) is 0 Å². The Morgan fingerprint density at radius 3 is 2.59 bits per heavy atom. The molecule has 0 radical (unpaired) electrons. The van der Waals surface area contributed by atoms with E-state index in [0.717, 1.165) is 11.8 Å². The molecule has 0 aromatic heterocycles. The van der Waals surface area contributed by atoms with Gasteiger partial charge in [0.1, 0.15) is 12.6 Å². The van der Waals surface area contributed by atoms with Crippen LogP contribution in [0.4, 0.5) is 0 Å². The Morgan fingerprint density at radius 1 is 0.955 bits per heavy atom. The van der Waals surface area contributed by atoms with Crippen LogP contribution in [-0.2, 0) is 4.74 Å². The lowest BCUT2D eigenvalue weighted by atomic mass is 9.69. The van der Waals surface area contributed by atoms with Gasteiger partial charge in [-0.1, -0.05) is 24.5 Å². The molecule has 0 spiro atoms. The Balaban J connectivity index is 1.53. The quantitative estimate of drug-likeness (QED) is 0.546. The highest BCUT2D eigenvalue weighted by Gasteiger charge is 2.45. The van der Waals surface area contributed by atoms with E-state index >= 15 is 0 Å². The number of piperidine rings is 1. The van der Waals surface area contributed by atoms with E-state index in [2.05, 4.69) is 13.1 Å². The number of likely N-dealkylation sites (N-methyl/N-ethyl adjacent to an activating group) is 1. The van der Waals surface area contributed by atoms with Gasteiger partial charge in [0, 0.05) is 11.8 Å². The summed E-state index contributed by atoms with van der Waals surface area (Å²) in [6.07, 6.45) is 17.6. The third-order valence-corrected chi connectivity index (χ3v) is 6.97. The highest BCUT2D eigenvalue weighted by molar-refractivity contribution is 5.20.